The number of nitrogens with zero attached hydrogens (tertiary/aromatic N) is 2. The zero-order valence-corrected chi connectivity index (χ0v) is 14.1. The van der Waals surface area contributed by atoms with E-state index in [1.165, 1.54) is 0 Å². The van der Waals surface area contributed by atoms with Crippen molar-refractivity contribution in [3.63, 3.8) is 0 Å². The molecule has 4 nitrogen and oxygen atoms in total. The lowest BCUT2D eigenvalue weighted by Gasteiger charge is -2.12. The zero-order valence-electron chi connectivity index (χ0n) is 11.7. The first-order chi connectivity index (χ1) is 9.60. The zero-order chi connectivity index (χ0) is 15.0. The Bertz CT molecular complexity index is 471. The summed E-state index contributed by atoms with van der Waals surface area (Å²) < 4.78 is 1.85. The molecule has 0 bridgehead atoms. The fourth-order valence-electron chi connectivity index (χ4n) is 1.56. The van der Waals surface area contributed by atoms with Crippen LogP contribution in [0, 0.1) is 0 Å². The van der Waals surface area contributed by atoms with E-state index in [1.54, 1.807) is 7.05 Å². The third-order valence-corrected chi connectivity index (χ3v) is 4.46. The molecule has 0 radical (unpaired) electrons. The van der Waals surface area contributed by atoms with Crippen molar-refractivity contribution in [3.8, 4) is 0 Å². The summed E-state index contributed by atoms with van der Waals surface area (Å²) in [6, 6.07) is 1.85. The van der Waals surface area contributed by atoms with Crippen molar-refractivity contribution in [1.29, 1.82) is 0 Å². The van der Waals surface area contributed by atoms with Gasteiger partial charge >= 0.3 is 0 Å². The molecule has 0 aliphatic heterocycles. The summed E-state index contributed by atoms with van der Waals surface area (Å²) in [5.41, 5.74) is 1.00. The number of halogens is 2. The van der Waals surface area contributed by atoms with E-state index in [1.807, 2.05) is 35.5 Å². The predicted octanol–water partition coefficient (Wildman–Crippen LogP) is 2.92. The van der Waals surface area contributed by atoms with Crippen molar-refractivity contribution < 1.29 is 0 Å². The minimum absolute atomic E-state index is 0.548. The smallest absolute Gasteiger partial charge is 0.191 e. The number of thioether (sulfide) groups is 1. The molecule has 20 heavy (non-hydrogen) atoms. The Labute approximate surface area is 134 Å². The summed E-state index contributed by atoms with van der Waals surface area (Å²) in [5, 5.41) is 7.59. The molecular weight excluding hydrogens is 315 g/mol. The van der Waals surface area contributed by atoms with Gasteiger partial charge in [0, 0.05) is 37.8 Å². The van der Waals surface area contributed by atoms with Crippen LogP contribution in [0.2, 0.25) is 10.2 Å². The molecule has 0 saturated carbocycles. The molecule has 1 rings (SSSR count). The molecule has 0 unspecified atom stereocenters. The maximum absolute atomic E-state index is 6.03. The SMILES string of the molecule is C=CCSCCNC(=NC)NCc1cc(Cl)c(Cl)n1C. The number of hydrogen-bond acceptors (Lipinski definition) is 2. The van der Waals surface area contributed by atoms with Crippen LogP contribution < -0.4 is 10.6 Å². The van der Waals surface area contributed by atoms with E-state index < -0.39 is 0 Å². The molecule has 0 aliphatic rings. The van der Waals surface area contributed by atoms with E-state index >= 15 is 0 Å². The normalized spacial score (nSPS) is 11.5. The van der Waals surface area contributed by atoms with Gasteiger partial charge in [0.05, 0.1) is 11.6 Å². The van der Waals surface area contributed by atoms with Gasteiger partial charge in [-0.1, -0.05) is 29.3 Å². The Kier molecular flexibility index (Phi) is 7.95. The van der Waals surface area contributed by atoms with Gasteiger partial charge in [0.2, 0.25) is 0 Å². The molecular formula is C13H20Cl2N4S. The Balaban J connectivity index is 2.38. The van der Waals surface area contributed by atoms with Crippen LogP contribution in [-0.2, 0) is 13.6 Å². The highest BCUT2D eigenvalue weighted by molar-refractivity contribution is 7.99. The average Bonchev–Trinajstić information content (AvgIpc) is 2.69. The van der Waals surface area contributed by atoms with Crippen molar-refractivity contribution in [2.24, 2.45) is 12.0 Å². The van der Waals surface area contributed by atoms with Crippen LogP contribution >= 0.6 is 35.0 Å². The number of aliphatic imine (C=N–C) groups is 1. The fourth-order valence-corrected chi connectivity index (χ4v) is 2.56. The topological polar surface area (TPSA) is 41.4 Å². The first kappa shape index (κ1) is 17.3. The van der Waals surface area contributed by atoms with Crippen molar-refractivity contribution in [2.45, 2.75) is 6.54 Å². The second kappa shape index (κ2) is 9.21. The quantitative estimate of drug-likeness (QED) is 0.348. The second-order valence-corrected chi connectivity index (χ2v) is 5.96. The molecule has 0 aromatic carbocycles. The third kappa shape index (κ3) is 5.31. The van der Waals surface area contributed by atoms with Crippen molar-refractivity contribution in [3.05, 3.63) is 34.6 Å². The molecule has 7 heteroatoms. The molecule has 0 amide bonds. The maximum atomic E-state index is 6.03. The Morgan fingerprint density at radius 3 is 2.80 bits per heavy atom. The Morgan fingerprint density at radius 1 is 1.50 bits per heavy atom. The van der Waals surface area contributed by atoms with E-state index in [9.17, 15) is 0 Å². The van der Waals surface area contributed by atoms with E-state index in [4.69, 9.17) is 23.2 Å². The van der Waals surface area contributed by atoms with Gasteiger partial charge in [0.25, 0.3) is 0 Å². The lowest BCUT2D eigenvalue weighted by molar-refractivity contribution is 0.758. The monoisotopic (exact) mass is 334 g/mol. The number of rotatable bonds is 7. The van der Waals surface area contributed by atoms with Crippen LogP contribution in [0.5, 0.6) is 0 Å². The predicted molar refractivity (Wildman–Crippen MR) is 91.2 cm³/mol. The minimum Gasteiger partial charge on any atom is -0.356 e. The molecule has 1 heterocycles. The maximum Gasteiger partial charge on any atom is 0.191 e. The Hall–Kier alpha value is -0.780. The Morgan fingerprint density at radius 2 is 2.25 bits per heavy atom. The van der Waals surface area contributed by atoms with Gasteiger partial charge in [0.1, 0.15) is 5.15 Å². The highest BCUT2D eigenvalue weighted by Crippen LogP contribution is 2.24. The largest absolute Gasteiger partial charge is 0.356 e. The fraction of sp³-hybridized carbons (Fsp3) is 0.462. The summed E-state index contributed by atoms with van der Waals surface area (Å²) in [7, 11) is 3.63. The van der Waals surface area contributed by atoms with Crippen molar-refractivity contribution >= 4 is 40.9 Å². The van der Waals surface area contributed by atoms with E-state index in [2.05, 4.69) is 22.2 Å². The summed E-state index contributed by atoms with van der Waals surface area (Å²) >= 11 is 13.8. The molecule has 0 spiro atoms. The average molecular weight is 335 g/mol. The molecule has 2 N–H and O–H groups in total. The van der Waals surface area contributed by atoms with Gasteiger partial charge in [-0.3, -0.25) is 4.99 Å². The molecule has 1 aromatic rings. The minimum atomic E-state index is 0.548. The highest BCUT2D eigenvalue weighted by atomic mass is 35.5. The van der Waals surface area contributed by atoms with Gasteiger partial charge in [0.15, 0.2) is 5.96 Å². The van der Waals surface area contributed by atoms with Crippen LogP contribution in [0.15, 0.2) is 23.7 Å². The number of guanidine groups is 1. The first-order valence-electron chi connectivity index (χ1n) is 6.23. The molecule has 0 saturated heterocycles. The van der Waals surface area contributed by atoms with Gasteiger partial charge in [-0.2, -0.15) is 11.8 Å². The molecule has 0 fully saturated rings. The van der Waals surface area contributed by atoms with Gasteiger partial charge in [-0.15, -0.1) is 6.58 Å². The lowest BCUT2D eigenvalue weighted by atomic mass is 10.4. The van der Waals surface area contributed by atoms with E-state index in [0.29, 0.717) is 16.7 Å². The van der Waals surface area contributed by atoms with Crippen LogP contribution in [-0.4, -0.2) is 35.6 Å². The summed E-state index contributed by atoms with van der Waals surface area (Å²) in [4.78, 5) is 4.17. The second-order valence-electron chi connectivity index (χ2n) is 4.05. The standard InChI is InChI=1S/C13H20Cl2N4S/c1-4-6-20-7-5-17-13(16-2)18-9-10-8-11(14)12(15)19(10)3/h4,8H,1,5-7,9H2,2-3H3,(H2,16,17,18). The van der Waals surface area contributed by atoms with Gasteiger partial charge in [-0.25, -0.2) is 0 Å². The number of nitrogens with one attached hydrogen (secondary N) is 2. The molecule has 1 aromatic heterocycles. The van der Waals surface area contributed by atoms with Gasteiger partial charge in [-0.05, 0) is 6.07 Å². The lowest BCUT2D eigenvalue weighted by Crippen LogP contribution is -2.38. The van der Waals surface area contributed by atoms with Crippen LogP contribution in [0.4, 0.5) is 0 Å². The number of aromatic nitrogens is 1. The highest BCUT2D eigenvalue weighted by Gasteiger charge is 2.09. The summed E-state index contributed by atoms with van der Waals surface area (Å²) in [6.07, 6.45) is 1.90. The van der Waals surface area contributed by atoms with Crippen LogP contribution in [0.3, 0.4) is 0 Å². The third-order valence-electron chi connectivity index (χ3n) is 2.65. The van der Waals surface area contributed by atoms with Crippen molar-refractivity contribution in [2.75, 3.05) is 25.1 Å². The molecule has 0 atom stereocenters. The summed E-state index contributed by atoms with van der Waals surface area (Å²) in [6.45, 7) is 5.16. The van der Waals surface area contributed by atoms with E-state index in [-0.39, 0.29) is 0 Å². The van der Waals surface area contributed by atoms with Gasteiger partial charge < -0.3 is 15.2 Å². The summed E-state index contributed by atoms with van der Waals surface area (Å²) in [5.74, 6) is 2.74. The van der Waals surface area contributed by atoms with Crippen molar-refractivity contribution in [1.82, 2.24) is 15.2 Å². The molecule has 112 valence electrons. The number of hydrogen-bond donors (Lipinski definition) is 2. The van der Waals surface area contributed by atoms with Crippen LogP contribution in [0.1, 0.15) is 5.69 Å². The molecule has 0 aliphatic carbocycles. The first-order valence-corrected chi connectivity index (χ1v) is 8.14. The van der Waals surface area contributed by atoms with Crippen LogP contribution in [0.25, 0.3) is 0 Å². The van der Waals surface area contributed by atoms with E-state index in [0.717, 1.165) is 29.7 Å².